The number of hydrogen-bond donors (Lipinski definition) is 0. The number of rotatable bonds is 5. The molecule has 99 valence electrons. The van der Waals surface area contributed by atoms with Crippen LogP contribution in [0.1, 0.15) is 36.8 Å². The minimum absolute atomic E-state index is 0.638. The highest BCUT2D eigenvalue weighted by molar-refractivity contribution is 5.30. The van der Waals surface area contributed by atoms with E-state index in [0.29, 0.717) is 11.3 Å². The summed E-state index contributed by atoms with van der Waals surface area (Å²) >= 11 is 0. The van der Waals surface area contributed by atoms with Crippen molar-refractivity contribution in [2.45, 2.75) is 33.0 Å². The van der Waals surface area contributed by atoms with Crippen molar-refractivity contribution >= 4 is 0 Å². The summed E-state index contributed by atoms with van der Waals surface area (Å²) in [6.07, 6.45) is 0.743. The molecule has 2 nitrogen and oxygen atoms in total. The van der Waals surface area contributed by atoms with E-state index in [0.717, 1.165) is 12.8 Å². The summed E-state index contributed by atoms with van der Waals surface area (Å²) in [6, 6.07) is 15.3. The number of ether oxygens (including phenoxy) is 1. The van der Waals surface area contributed by atoms with E-state index in [4.69, 9.17) is 4.74 Å². The zero-order valence-corrected chi connectivity index (χ0v) is 11.4. The molecule has 2 heteroatoms. The molecule has 0 saturated carbocycles. The van der Waals surface area contributed by atoms with Gasteiger partial charge in [-0.05, 0) is 36.1 Å². The zero-order chi connectivity index (χ0) is 13.7. The van der Waals surface area contributed by atoms with E-state index in [9.17, 15) is 5.11 Å². The fourth-order valence-corrected chi connectivity index (χ4v) is 1.94. The Hall–Kier alpha value is -1.80. The minimum Gasteiger partial charge on any atom is -0.458 e. The van der Waals surface area contributed by atoms with Gasteiger partial charge in [-0.25, -0.2) is 0 Å². The lowest BCUT2D eigenvalue weighted by molar-refractivity contribution is -0.0741. The second kappa shape index (κ2) is 6.39. The van der Waals surface area contributed by atoms with Crippen LogP contribution in [0.5, 0.6) is 5.75 Å². The van der Waals surface area contributed by atoms with Gasteiger partial charge in [0.15, 0.2) is 0 Å². The maximum atomic E-state index is 12.1. The Balaban J connectivity index is 2.08. The Bertz CT molecular complexity index is 517. The summed E-state index contributed by atoms with van der Waals surface area (Å²) in [7, 11) is 0. The molecule has 0 aliphatic carbocycles. The van der Waals surface area contributed by atoms with Crippen LogP contribution < -0.4 is 4.74 Å². The van der Waals surface area contributed by atoms with Gasteiger partial charge in [-0.3, -0.25) is 0 Å². The summed E-state index contributed by atoms with van der Waals surface area (Å²) in [5, 5.41) is 12.1. The van der Waals surface area contributed by atoms with Crippen molar-refractivity contribution in [3.05, 3.63) is 65.2 Å². The van der Waals surface area contributed by atoms with Crippen LogP contribution in [0.25, 0.3) is 0 Å². The second-order valence-electron chi connectivity index (χ2n) is 4.55. The highest BCUT2D eigenvalue weighted by Crippen LogP contribution is 2.22. The maximum absolute atomic E-state index is 12.1. The third-order valence-electron chi connectivity index (χ3n) is 3.21. The summed E-state index contributed by atoms with van der Waals surface area (Å²) in [6.45, 7) is 4.17. The third-order valence-corrected chi connectivity index (χ3v) is 3.21. The quantitative estimate of drug-likeness (QED) is 0.731. The summed E-state index contributed by atoms with van der Waals surface area (Å²) in [5.41, 5.74) is 3.06. The van der Waals surface area contributed by atoms with Gasteiger partial charge in [0.25, 0.3) is 6.29 Å². The molecule has 2 aromatic rings. The zero-order valence-electron chi connectivity index (χ0n) is 11.4. The van der Waals surface area contributed by atoms with Gasteiger partial charge in [-0.2, -0.15) is 5.11 Å². The van der Waals surface area contributed by atoms with Crippen molar-refractivity contribution in [1.82, 2.24) is 0 Å². The molecule has 1 unspecified atom stereocenters. The lowest BCUT2D eigenvalue weighted by Gasteiger charge is -2.13. The van der Waals surface area contributed by atoms with Gasteiger partial charge in [0.2, 0.25) is 0 Å². The molecule has 0 saturated heterocycles. The average molecular weight is 255 g/mol. The fraction of sp³-hybridized carbons (Fsp3) is 0.294. The van der Waals surface area contributed by atoms with Gasteiger partial charge in [-0.15, -0.1) is 0 Å². The van der Waals surface area contributed by atoms with E-state index in [-0.39, 0.29) is 0 Å². The molecule has 0 fully saturated rings. The first-order valence-corrected chi connectivity index (χ1v) is 6.73. The summed E-state index contributed by atoms with van der Waals surface area (Å²) in [4.78, 5) is 0. The molecule has 2 rings (SSSR count). The monoisotopic (exact) mass is 255 g/mol. The molecule has 0 bridgehead atoms. The molecular formula is C17H19O2. The highest BCUT2D eigenvalue weighted by atomic mass is 16.6. The first kappa shape index (κ1) is 13.6. The van der Waals surface area contributed by atoms with Gasteiger partial charge in [0.1, 0.15) is 5.75 Å². The molecule has 0 N–H and O–H groups in total. The molecule has 0 spiro atoms. The maximum Gasteiger partial charge on any atom is 0.256 e. The van der Waals surface area contributed by atoms with Crippen LogP contribution in [0.15, 0.2) is 48.5 Å². The van der Waals surface area contributed by atoms with Crippen molar-refractivity contribution in [2.24, 2.45) is 0 Å². The van der Waals surface area contributed by atoms with Crippen molar-refractivity contribution in [2.75, 3.05) is 0 Å². The Morgan fingerprint density at radius 2 is 1.63 bits per heavy atom. The van der Waals surface area contributed by atoms with Crippen molar-refractivity contribution in [3.63, 3.8) is 0 Å². The van der Waals surface area contributed by atoms with E-state index in [1.807, 2.05) is 48.5 Å². The van der Waals surface area contributed by atoms with E-state index in [1.165, 1.54) is 11.1 Å². The third kappa shape index (κ3) is 3.58. The van der Waals surface area contributed by atoms with Crippen LogP contribution in [-0.4, -0.2) is 0 Å². The first-order valence-electron chi connectivity index (χ1n) is 6.73. The minimum atomic E-state index is -1.17. The predicted octanol–water partition coefficient (Wildman–Crippen LogP) is 4.32. The van der Waals surface area contributed by atoms with Crippen LogP contribution in [0.2, 0.25) is 0 Å². The van der Waals surface area contributed by atoms with Gasteiger partial charge in [0.05, 0.1) is 0 Å². The molecule has 1 radical (unpaired) electrons. The van der Waals surface area contributed by atoms with Crippen LogP contribution in [0.4, 0.5) is 0 Å². The molecule has 0 aliphatic rings. The molecule has 0 heterocycles. The van der Waals surface area contributed by atoms with Crippen LogP contribution >= 0.6 is 0 Å². The molecule has 0 aromatic heterocycles. The van der Waals surface area contributed by atoms with Gasteiger partial charge >= 0.3 is 0 Å². The van der Waals surface area contributed by atoms with Crippen molar-refractivity contribution in [3.8, 4) is 5.75 Å². The number of benzene rings is 2. The molecule has 19 heavy (non-hydrogen) atoms. The smallest absolute Gasteiger partial charge is 0.256 e. The van der Waals surface area contributed by atoms with Gasteiger partial charge in [0, 0.05) is 5.56 Å². The number of aryl methyl sites for hydroxylation is 2. The van der Waals surface area contributed by atoms with Gasteiger partial charge in [-0.1, -0.05) is 50.2 Å². The first-order chi connectivity index (χ1) is 9.22. The molecule has 0 aliphatic heterocycles. The van der Waals surface area contributed by atoms with E-state index in [1.54, 1.807) is 0 Å². The molecule has 2 aromatic carbocycles. The largest absolute Gasteiger partial charge is 0.458 e. The van der Waals surface area contributed by atoms with Crippen LogP contribution in [0, 0.1) is 0 Å². The predicted molar refractivity (Wildman–Crippen MR) is 75.7 cm³/mol. The van der Waals surface area contributed by atoms with E-state index in [2.05, 4.69) is 13.8 Å². The summed E-state index contributed by atoms with van der Waals surface area (Å²) in [5.74, 6) is 0.638. The number of hydrogen-bond acceptors (Lipinski definition) is 1. The average Bonchev–Trinajstić information content (AvgIpc) is 2.47. The molecule has 0 amide bonds. The second-order valence-corrected chi connectivity index (χ2v) is 4.55. The normalized spacial score (nSPS) is 12.2. The Morgan fingerprint density at radius 3 is 2.26 bits per heavy atom. The standard InChI is InChI=1S/C17H19O2/c1-3-13-8-10-15(11-9-13)17(18)19-16-7-5-6-14(4-2)12-16/h5-12,17H,3-4H2,1-2H3. The molecular weight excluding hydrogens is 236 g/mol. The Kier molecular flexibility index (Phi) is 4.58. The fourth-order valence-electron chi connectivity index (χ4n) is 1.94. The van der Waals surface area contributed by atoms with Crippen LogP contribution in [-0.2, 0) is 17.9 Å². The lowest BCUT2D eigenvalue weighted by Crippen LogP contribution is -2.05. The summed E-state index contributed by atoms with van der Waals surface area (Å²) < 4.78 is 5.46. The highest BCUT2D eigenvalue weighted by Gasteiger charge is 2.11. The SMILES string of the molecule is CCc1ccc(C([O])Oc2cccc(CC)c2)cc1. The van der Waals surface area contributed by atoms with Gasteiger partial charge < -0.3 is 4.74 Å². The van der Waals surface area contributed by atoms with Crippen molar-refractivity contribution < 1.29 is 9.84 Å². The van der Waals surface area contributed by atoms with E-state index < -0.39 is 6.29 Å². The Morgan fingerprint density at radius 1 is 0.947 bits per heavy atom. The Labute approximate surface area is 114 Å². The van der Waals surface area contributed by atoms with Crippen molar-refractivity contribution in [1.29, 1.82) is 0 Å². The topological polar surface area (TPSA) is 29.1 Å². The van der Waals surface area contributed by atoms with E-state index >= 15 is 0 Å². The lowest BCUT2D eigenvalue weighted by atomic mass is 10.1. The van der Waals surface area contributed by atoms with Crippen LogP contribution in [0.3, 0.4) is 0 Å². The molecule has 1 atom stereocenters.